The van der Waals surface area contributed by atoms with Crippen molar-refractivity contribution in [1.29, 1.82) is 0 Å². The SMILES string of the molecule is COc1ccc(Nc2ncnc(Nc3cccc(Cl)c3Cl)c2[N+](=O)[O-])cc1. The van der Waals surface area contributed by atoms with E-state index in [1.165, 1.54) is 6.33 Å². The fourth-order valence-electron chi connectivity index (χ4n) is 2.27. The summed E-state index contributed by atoms with van der Waals surface area (Å²) in [5, 5.41) is 17.9. The normalized spacial score (nSPS) is 10.3. The molecule has 0 saturated heterocycles. The highest BCUT2D eigenvalue weighted by Gasteiger charge is 2.24. The topological polar surface area (TPSA) is 102 Å². The third-order valence-corrected chi connectivity index (χ3v) is 4.38. The Bertz CT molecular complexity index is 983. The highest BCUT2D eigenvalue weighted by Crippen LogP contribution is 2.36. The van der Waals surface area contributed by atoms with Crippen LogP contribution < -0.4 is 15.4 Å². The number of nitrogens with one attached hydrogen (secondary N) is 2. The van der Waals surface area contributed by atoms with E-state index in [9.17, 15) is 10.1 Å². The number of aromatic nitrogens is 2. The summed E-state index contributed by atoms with van der Waals surface area (Å²) in [6.07, 6.45) is 1.21. The standard InChI is InChI=1S/C17H13Cl2N5O3/c1-27-11-7-5-10(6-8-11)22-16-15(24(25)26)17(21-9-20-16)23-13-4-2-3-12(18)14(13)19/h2-9H,1H3,(H2,20,21,22,23). The lowest BCUT2D eigenvalue weighted by molar-refractivity contribution is -0.383. The number of ether oxygens (including phenoxy) is 1. The van der Waals surface area contributed by atoms with Crippen molar-refractivity contribution in [2.24, 2.45) is 0 Å². The van der Waals surface area contributed by atoms with Crippen LogP contribution in [0.4, 0.5) is 28.7 Å². The van der Waals surface area contributed by atoms with Gasteiger partial charge in [-0.3, -0.25) is 10.1 Å². The Morgan fingerprint density at radius 1 is 1.04 bits per heavy atom. The van der Waals surface area contributed by atoms with Crippen molar-refractivity contribution in [1.82, 2.24) is 9.97 Å². The van der Waals surface area contributed by atoms with Crippen LogP contribution in [0, 0.1) is 10.1 Å². The van der Waals surface area contributed by atoms with Gasteiger partial charge in [0.1, 0.15) is 12.1 Å². The molecule has 8 nitrogen and oxygen atoms in total. The zero-order valence-corrected chi connectivity index (χ0v) is 15.5. The van der Waals surface area contributed by atoms with E-state index in [0.29, 0.717) is 22.1 Å². The minimum absolute atomic E-state index is 0.0184. The lowest BCUT2D eigenvalue weighted by atomic mass is 10.3. The molecule has 0 radical (unpaired) electrons. The molecule has 10 heteroatoms. The molecule has 0 spiro atoms. The Kier molecular flexibility index (Phi) is 5.58. The van der Waals surface area contributed by atoms with E-state index in [2.05, 4.69) is 20.6 Å². The van der Waals surface area contributed by atoms with Gasteiger partial charge in [-0.2, -0.15) is 0 Å². The van der Waals surface area contributed by atoms with E-state index in [1.54, 1.807) is 49.6 Å². The van der Waals surface area contributed by atoms with E-state index in [0.717, 1.165) is 0 Å². The summed E-state index contributed by atoms with van der Waals surface area (Å²) in [4.78, 5) is 19.0. The first kappa shape index (κ1) is 18.7. The van der Waals surface area contributed by atoms with Crippen molar-refractivity contribution in [2.75, 3.05) is 17.7 Å². The van der Waals surface area contributed by atoms with Crippen molar-refractivity contribution < 1.29 is 9.66 Å². The number of hydrogen-bond acceptors (Lipinski definition) is 7. The monoisotopic (exact) mass is 405 g/mol. The van der Waals surface area contributed by atoms with E-state index < -0.39 is 4.92 Å². The van der Waals surface area contributed by atoms with Gasteiger partial charge in [-0.1, -0.05) is 29.3 Å². The molecule has 0 aliphatic carbocycles. The summed E-state index contributed by atoms with van der Waals surface area (Å²) in [5.41, 5.74) is 0.662. The van der Waals surface area contributed by atoms with Crippen LogP contribution in [0.1, 0.15) is 0 Å². The molecule has 0 aliphatic rings. The van der Waals surface area contributed by atoms with Gasteiger partial charge in [-0.25, -0.2) is 9.97 Å². The lowest BCUT2D eigenvalue weighted by Crippen LogP contribution is -2.05. The number of nitro groups is 1. The molecular weight excluding hydrogens is 393 g/mol. The fraction of sp³-hybridized carbons (Fsp3) is 0.0588. The Morgan fingerprint density at radius 3 is 2.33 bits per heavy atom. The number of hydrogen-bond donors (Lipinski definition) is 2. The van der Waals surface area contributed by atoms with Gasteiger partial charge in [0.15, 0.2) is 0 Å². The molecule has 27 heavy (non-hydrogen) atoms. The van der Waals surface area contributed by atoms with Crippen LogP contribution in [0.15, 0.2) is 48.8 Å². The van der Waals surface area contributed by atoms with Gasteiger partial charge >= 0.3 is 5.69 Å². The predicted octanol–water partition coefficient (Wildman–Crippen LogP) is 5.19. The van der Waals surface area contributed by atoms with Crippen LogP contribution in [0.3, 0.4) is 0 Å². The molecule has 0 saturated carbocycles. The smallest absolute Gasteiger partial charge is 0.353 e. The molecular formula is C17H13Cl2N5O3. The maximum atomic E-state index is 11.6. The molecule has 0 unspecified atom stereocenters. The van der Waals surface area contributed by atoms with Gasteiger partial charge in [0, 0.05) is 5.69 Å². The highest BCUT2D eigenvalue weighted by atomic mass is 35.5. The molecule has 138 valence electrons. The third kappa shape index (κ3) is 4.18. The van der Waals surface area contributed by atoms with Crippen molar-refractivity contribution in [3.63, 3.8) is 0 Å². The number of halogens is 2. The summed E-state index contributed by atoms with van der Waals surface area (Å²) in [6.45, 7) is 0. The second-order valence-electron chi connectivity index (χ2n) is 5.26. The minimum atomic E-state index is -0.577. The molecule has 2 aromatic carbocycles. The molecule has 3 aromatic rings. The van der Waals surface area contributed by atoms with E-state index in [1.807, 2.05) is 0 Å². The summed E-state index contributed by atoms with van der Waals surface area (Å²) < 4.78 is 5.09. The summed E-state index contributed by atoms with van der Waals surface area (Å²) >= 11 is 12.1. The fourth-order valence-corrected chi connectivity index (χ4v) is 2.62. The average molecular weight is 406 g/mol. The molecule has 1 aromatic heterocycles. The Morgan fingerprint density at radius 2 is 1.70 bits per heavy atom. The highest BCUT2D eigenvalue weighted by molar-refractivity contribution is 6.43. The van der Waals surface area contributed by atoms with Gasteiger partial charge < -0.3 is 15.4 Å². The molecule has 0 atom stereocenters. The second-order valence-corrected chi connectivity index (χ2v) is 6.04. The summed E-state index contributed by atoms with van der Waals surface area (Å²) in [6, 6.07) is 11.8. The molecule has 0 amide bonds. The Labute approximate surface area is 164 Å². The minimum Gasteiger partial charge on any atom is -0.497 e. The maximum Gasteiger partial charge on any atom is 0.353 e. The molecule has 2 N–H and O–H groups in total. The number of methoxy groups -OCH3 is 1. The lowest BCUT2D eigenvalue weighted by Gasteiger charge is -2.11. The van der Waals surface area contributed by atoms with Crippen LogP contribution in [-0.4, -0.2) is 22.0 Å². The first-order valence-electron chi connectivity index (χ1n) is 7.61. The van der Waals surface area contributed by atoms with E-state index in [4.69, 9.17) is 27.9 Å². The van der Waals surface area contributed by atoms with E-state index in [-0.39, 0.29) is 22.3 Å². The van der Waals surface area contributed by atoms with Gasteiger partial charge in [0.25, 0.3) is 0 Å². The Balaban J connectivity index is 1.97. The largest absolute Gasteiger partial charge is 0.497 e. The Hall–Kier alpha value is -3.10. The quantitative estimate of drug-likeness (QED) is 0.429. The van der Waals surface area contributed by atoms with Crippen LogP contribution in [-0.2, 0) is 0 Å². The second kappa shape index (κ2) is 8.07. The zero-order valence-electron chi connectivity index (χ0n) is 13.9. The maximum absolute atomic E-state index is 11.6. The molecule has 0 aliphatic heterocycles. The average Bonchev–Trinajstić information content (AvgIpc) is 2.66. The van der Waals surface area contributed by atoms with Gasteiger partial charge in [-0.05, 0) is 36.4 Å². The number of benzene rings is 2. The molecule has 1 heterocycles. The van der Waals surface area contributed by atoms with Gasteiger partial charge in [-0.15, -0.1) is 0 Å². The zero-order chi connectivity index (χ0) is 19.4. The van der Waals surface area contributed by atoms with Gasteiger partial charge in [0.2, 0.25) is 11.6 Å². The number of rotatable bonds is 6. The van der Waals surface area contributed by atoms with Crippen LogP contribution in [0.25, 0.3) is 0 Å². The van der Waals surface area contributed by atoms with Gasteiger partial charge in [0.05, 0.1) is 27.8 Å². The number of anilines is 4. The van der Waals surface area contributed by atoms with Crippen molar-refractivity contribution in [3.8, 4) is 5.75 Å². The first-order chi connectivity index (χ1) is 13.0. The third-order valence-electron chi connectivity index (χ3n) is 3.56. The van der Waals surface area contributed by atoms with Crippen LogP contribution >= 0.6 is 23.2 Å². The van der Waals surface area contributed by atoms with Crippen LogP contribution in [0.2, 0.25) is 10.0 Å². The molecule has 3 rings (SSSR count). The molecule has 0 bridgehead atoms. The van der Waals surface area contributed by atoms with E-state index >= 15 is 0 Å². The summed E-state index contributed by atoms with van der Waals surface area (Å²) in [5.74, 6) is 0.673. The predicted molar refractivity (Wildman–Crippen MR) is 105 cm³/mol. The molecule has 0 fully saturated rings. The van der Waals surface area contributed by atoms with Crippen LogP contribution in [0.5, 0.6) is 5.75 Å². The van der Waals surface area contributed by atoms with Crippen molar-refractivity contribution in [2.45, 2.75) is 0 Å². The van der Waals surface area contributed by atoms with Crippen molar-refractivity contribution >= 4 is 51.9 Å². The number of nitrogens with zero attached hydrogens (tertiary/aromatic N) is 3. The first-order valence-corrected chi connectivity index (χ1v) is 8.36. The summed E-state index contributed by atoms with van der Waals surface area (Å²) in [7, 11) is 1.55. The van der Waals surface area contributed by atoms with Crippen molar-refractivity contribution in [3.05, 3.63) is 69.0 Å².